The summed E-state index contributed by atoms with van der Waals surface area (Å²) < 4.78 is 2.01. The Labute approximate surface area is 96.5 Å². The highest BCUT2D eigenvalue weighted by molar-refractivity contribution is 5.78. The van der Waals surface area contributed by atoms with Crippen molar-refractivity contribution in [2.24, 2.45) is 0 Å². The molecule has 0 bridgehead atoms. The van der Waals surface area contributed by atoms with Gasteiger partial charge >= 0.3 is 0 Å². The number of benzene rings is 1. The molecule has 1 aromatic carbocycles. The lowest BCUT2D eigenvalue weighted by molar-refractivity contribution is 0.537. The van der Waals surface area contributed by atoms with Crippen LogP contribution in [0, 0.1) is 0 Å². The van der Waals surface area contributed by atoms with E-state index in [4.69, 9.17) is 0 Å². The molecule has 0 spiro atoms. The van der Waals surface area contributed by atoms with E-state index in [0.717, 1.165) is 5.52 Å². The number of nitrogens with zero attached hydrogens (tertiary/aromatic N) is 2. The van der Waals surface area contributed by atoms with Gasteiger partial charge in [0.25, 0.3) is 0 Å². The largest absolute Gasteiger partial charge is 0.313 e. The van der Waals surface area contributed by atoms with Crippen LogP contribution in [-0.4, -0.2) is 16.8 Å². The van der Waals surface area contributed by atoms with Crippen LogP contribution in [0.1, 0.15) is 38.4 Å². The maximum atomic E-state index is 4.53. The third-order valence-corrected chi connectivity index (χ3v) is 3.01. The Morgan fingerprint density at radius 3 is 2.62 bits per heavy atom. The molecule has 0 saturated heterocycles. The van der Waals surface area contributed by atoms with E-state index in [-0.39, 0.29) is 0 Å². The normalized spacial score (nSPS) is 13.6. The third-order valence-electron chi connectivity index (χ3n) is 3.01. The van der Waals surface area contributed by atoms with Crippen LogP contribution in [0.3, 0.4) is 0 Å². The van der Waals surface area contributed by atoms with Gasteiger partial charge in [0.2, 0.25) is 0 Å². The van der Waals surface area contributed by atoms with Crippen molar-refractivity contribution in [2.75, 3.05) is 7.05 Å². The average Bonchev–Trinajstić information content (AvgIpc) is 2.70. The fourth-order valence-electron chi connectivity index (χ4n) is 1.76. The Morgan fingerprint density at radius 2 is 2.00 bits per heavy atom. The minimum atomic E-state index is 0.381. The predicted molar refractivity (Wildman–Crippen MR) is 67.6 cm³/mol. The highest BCUT2D eigenvalue weighted by Crippen LogP contribution is 2.20. The van der Waals surface area contributed by atoms with Crippen molar-refractivity contribution in [3.63, 3.8) is 0 Å². The number of hydrogen-bond acceptors (Lipinski definition) is 2. The summed E-state index contributed by atoms with van der Waals surface area (Å²) >= 11 is 0. The zero-order valence-electron chi connectivity index (χ0n) is 10.4. The molecule has 1 aromatic heterocycles. The molecular weight excluding hydrogens is 198 g/mol. The summed E-state index contributed by atoms with van der Waals surface area (Å²) in [6.07, 6.45) is 2.12. The molecule has 1 N–H and O–H groups in total. The molecule has 0 fully saturated rings. The molecule has 3 heteroatoms. The van der Waals surface area contributed by atoms with Gasteiger partial charge in [-0.3, -0.25) is 4.68 Å². The number of nitrogens with one attached hydrogen (secondary N) is 1. The van der Waals surface area contributed by atoms with E-state index in [0.29, 0.717) is 12.1 Å². The molecule has 16 heavy (non-hydrogen) atoms. The summed E-state index contributed by atoms with van der Waals surface area (Å²) in [4.78, 5) is 0. The lowest BCUT2D eigenvalue weighted by atomic mass is 10.1. The van der Waals surface area contributed by atoms with Gasteiger partial charge in [-0.25, -0.2) is 0 Å². The van der Waals surface area contributed by atoms with Crippen LogP contribution in [0.4, 0.5) is 0 Å². The number of hydrogen-bond donors (Lipinski definition) is 1. The van der Waals surface area contributed by atoms with E-state index in [1.54, 1.807) is 0 Å². The molecule has 2 aromatic rings. The second-order valence-electron chi connectivity index (χ2n) is 4.53. The molecule has 2 rings (SSSR count). The van der Waals surface area contributed by atoms with Gasteiger partial charge in [-0.2, -0.15) is 5.10 Å². The summed E-state index contributed by atoms with van der Waals surface area (Å²) in [7, 11) is 1.98. The average molecular weight is 217 g/mol. The van der Waals surface area contributed by atoms with Gasteiger partial charge in [-0.05, 0) is 45.5 Å². The van der Waals surface area contributed by atoms with Crippen LogP contribution < -0.4 is 5.32 Å². The van der Waals surface area contributed by atoms with Crippen LogP contribution in [-0.2, 0) is 0 Å². The molecule has 0 aliphatic heterocycles. The van der Waals surface area contributed by atoms with Crippen molar-refractivity contribution in [1.29, 1.82) is 0 Å². The van der Waals surface area contributed by atoms with Crippen molar-refractivity contribution in [2.45, 2.75) is 32.9 Å². The Balaban J connectivity index is 2.45. The molecule has 86 valence electrons. The fourth-order valence-corrected chi connectivity index (χ4v) is 1.76. The lowest BCUT2D eigenvalue weighted by Gasteiger charge is -2.09. The van der Waals surface area contributed by atoms with Crippen molar-refractivity contribution in [3.05, 3.63) is 30.0 Å². The Bertz CT molecular complexity index is 485. The van der Waals surface area contributed by atoms with Crippen molar-refractivity contribution >= 4 is 10.9 Å². The minimum Gasteiger partial charge on any atom is -0.313 e. The van der Waals surface area contributed by atoms with Crippen LogP contribution in [0.2, 0.25) is 0 Å². The first-order valence-electron chi connectivity index (χ1n) is 5.78. The second kappa shape index (κ2) is 4.26. The summed E-state index contributed by atoms with van der Waals surface area (Å²) in [6.45, 7) is 6.44. The maximum Gasteiger partial charge on any atom is 0.0923 e. The van der Waals surface area contributed by atoms with Gasteiger partial charge in [-0.1, -0.05) is 6.07 Å². The Hall–Kier alpha value is -1.35. The Kier molecular flexibility index (Phi) is 2.97. The molecule has 0 saturated carbocycles. The molecule has 1 heterocycles. The van der Waals surface area contributed by atoms with Crippen LogP contribution >= 0.6 is 0 Å². The number of aromatic nitrogens is 2. The molecule has 3 nitrogen and oxygen atoms in total. The van der Waals surface area contributed by atoms with E-state index in [1.165, 1.54) is 10.9 Å². The van der Waals surface area contributed by atoms with E-state index in [2.05, 4.69) is 55.6 Å². The van der Waals surface area contributed by atoms with E-state index in [1.807, 2.05) is 11.7 Å². The van der Waals surface area contributed by atoms with Crippen LogP contribution in [0.15, 0.2) is 24.4 Å². The number of rotatable bonds is 3. The van der Waals surface area contributed by atoms with Gasteiger partial charge in [0.15, 0.2) is 0 Å². The maximum absolute atomic E-state index is 4.53. The molecule has 0 amide bonds. The third kappa shape index (κ3) is 1.95. The number of fused-ring (bicyclic) bond motifs is 1. The second-order valence-corrected chi connectivity index (χ2v) is 4.53. The van der Waals surface area contributed by atoms with E-state index < -0.39 is 0 Å². The molecule has 0 aliphatic carbocycles. The van der Waals surface area contributed by atoms with Crippen LogP contribution in [0.25, 0.3) is 10.9 Å². The summed E-state index contributed by atoms with van der Waals surface area (Å²) in [6, 6.07) is 7.24. The van der Waals surface area contributed by atoms with Gasteiger partial charge < -0.3 is 5.32 Å². The highest BCUT2D eigenvalue weighted by atomic mass is 15.3. The first-order valence-corrected chi connectivity index (χ1v) is 5.78. The molecule has 0 radical (unpaired) electrons. The molecule has 0 aliphatic rings. The van der Waals surface area contributed by atoms with Crippen molar-refractivity contribution in [3.8, 4) is 0 Å². The van der Waals surface area contributed by atoms with Crippen molar-refractivity contribution in [1.82, 2.24) is 15.1 Å². The monoisotopic (exact) mass is 217 g/mol. The quantitative estimate of drug-likeness (QED) is 0.856. The van der Waals surface area contributed by atoms with Gasteiger partial charge in [0, 0.05) is 23.7 Å². The predicted octanol–water partition coefficient (Wildman–Crippen LogP) is 2.90. The van der Waals surface area contributed by atoms with E-state index in [9.17, 15) is 0 Å². The van der Waals surface area contributed by atoms with Gasteiger partial charge in [0.05, 0.1) is 5.52 Å². The minimum absolute atomic E-state index is 0.381. The SMILES string of the molecule is CNC(C)c1ccc2nn(C(C)C)cc2c1. The lowest BCUT2D eigenvalue weighted by Crippen LogP contribution is -2.11. The summed E-state index contributed by atoms with van der Waals surface area (Å²) in [5.41, 5.74) is 2.37. The molecule has 1 unspecified atom stereocenters. The topological polar surface area (TPSA) is 29.9 Å². The Morgan fingerprint density at radius 1 is 1.25 bits per heavy atom. The van der Waals surface area contributed by atoms with Gasteiger partial charge in [-0.15, -0.1) is 0 Å². The zero-order valence-corrected chi connectivity index (χ0v) is 10.4. The van der Waals surface area contributed by atoms with Crippen LogP contribution in [0.5, 0.6) is 0 Å². The highest BCUT2D eigenvalue weighted by Gasteiger charge is 2.07. The van der Waals surface area contributed by atoms with Gasteiger partial charge in [0.1, 0.15) is 0 Å². The molecule has 1 atom stereocenters. The first-order chi connectivity index (χ1) is 7.61. The zero-order chi connectivity index (χ0) is 11.7. The summed E-state index contributed by atoms with van der Waals surface area (Å²) in [5.74, 6) is 0. The van der Waals surface area contributed by atoms with E-state index >= 15 is 0 Å². The fraction of sp³-hybridized carbons (Fsp3) is 0.462. The van der Waals surface area contributed by atoms with Crippen molar-refractivity contribution < 1.29 is 0 Å². The molecular formula is C13H19N3. The summed E-state index contributed by atoms with van der Waals surface area (Å²) in [5, 5.41) is 9.00. The smallest absolute Gasteiger partial charge is 0.0923 e. The first kappa shape index (κ1) is 11.1. The standard InChI is InChI=1S/C13H19N3/c1-9(2)16-8-12-7-11(10(3)14-4)5-6-13(12)15-16/h5-10,14H,1-4H3.